The Morgan fingerprint density at radius 1 is 1.56 bits per heavy atom. The van der Waals surface area contributed by atoms with Crippen LogP contribution in [0.1, 0.15) is 19.0 Å². The van der Waals surface area contributed by atoms with Gasteiger partial charge in [0.1, 0.15) is 0 Å². The zero-order valence-electron chi connectivity index (χ0n) is 10.4. The fourth-order valence-corrected chi connectivity index (χ4v) is 2.12. The van der Waals surface area contributed by atoms with Crippen LogP contribution in [0.25, 0.3) is 0 Å². The Balaban J connectivity index is 1.85. The van der Waals surface area contributed by atoms with Crippen molar-refractivity contribution in [2.24, 2.45) is 5.84 Å². The molecule has 7 heteroatoms. The minimum absolute atomic E-state index is 0.0278. The molecule has 98 valence electrons. The highest BCUT2D eigenvalue weighted by molar-refractivity contribution is 5.73. The minimum atomic E-state index is 0.0278. The summed E-state index contributed by atoms with van der Waals surface area (Å²) in [7, 11) is 0. The number of carbonyl (C=O) groups is 1. The van der Waals surface area contributed by atoms with E-state index in [9.17, 15) is 4.79 Å². The van der Waals surface area contributed by atoms with Crippen LogP contribution in [0.15, 0.2) is 12.4 Å². The molecule has 1 aliphatic heterocycles. The summed E-state index contributed by atoms with van der Waals surface area (Å²) in [6.07, 6.45) is 4.30. The molecule has 0 aliphatic carbocycles. The fourth-order valence-electron chi connectivity index (χ4n) is 2.12. The summed E-state index contributed by atoms with van der Waals surface area (Å²) in [6, 6.07) is 0.250. The van der Waals surface area contributed by atoms with Crippen molar-refractivity contribution in [2.45, 2.75) is 25.9 Å². The van der Waals surface area contributed by atoms with Crippen molar-refractivity contribution in [1.82, 2.24) is 20.2 Å². The molecule has 7 nitrogen and oxygen atoms in total. The normalized spacial score (nSPS) is 19.8. The molecule has 0 saturated carbocycles. The molecular weight excluding hydrogens is 232 g/mol. The van der Waals surface area contributed by atoms with Crippen molar-refractivity contribution in [3.8, 4) is 0 Å². The summed E-state index contributed by atoms with van der Waals surface area (Å²) in [5.74, 6) is 5.80. The maximum absolute atomic E-state index is 11.0. The molecule has 1 fully saturated rings. The van der Waals surface area contributed by atoms with Crippen LogP contribution in [0.5, 0.6) is 0 Å². The second-order valence-electron chi connectivity index (χ2n) is 4.46. The first-order valence-corrected chi connectivity index (χ1v) is 5.94. The predicted octanol–water partition coefficient (Wildman–Crippen LogP) is -0.527. The minimum Gasteiger partial charge on any atom is -0.352 e. The molecule has 4 N–H and O–H groups in total. The van der Waals surface area contributed by atoms with E-state index in [4.69, 9.17) is 5.84 Å². The lowest BCUT2D eigenvalue weighted by Gasteiger charge is -2.15. The third-order valence-corrected chi connectivity index (χ3v) is 2.92. The van der Waals surface area contributed by atoms with Crippen LogP contribution in [-0.4, -0.2) is 39.9 Å². The zero-order chi connectivity index (χ0) is 13.0. The van der Waals surface area contributed by atoms with Gasteiger partial charge in [0.2, 0.25) is 5.91 Å². The second-order valence-corrected chi connectivity index (χ2v) is 4.46. The van der Waals surface area contributed by atoms with Crippen molar-refractivity contribution in [2.75, 3.05) is 18.5 Å². The molecule has 0 bridgehead atoms. The lowest BCUT2D eigenvalue weighted by atomic mass is 10.2. The smallest absolute Gasteiger partial charge is 0.217 e. The maximum Gasteiger partial charge on any atom is 0.217 e. The Morgan fingerprint density at radius 3 is 3.00 bits per heavy atom. The standard InChI is InChI=1S/C11H18N6O/c1-8(18)15-9-2-3-17(6-9)7-10-4-14-11(16-12)5-13-10/h4-5,9H,2-3,6-7,12H2,1H3,(H,14,16)(H,15,18). The highest BCUT2D eigenvalue weighted by Crippen LogP contribution is 2.12. The van der Waals surface area contributed by atoms with E-state index < -0.39 is 0 Å². The fraction of sp³-hybridized carbons (Fsp3) is 0.545. The number of nitrogens with two attached hydrogens (primary N) is 1. The number of rotatable bonds is 4. The van der Waals surface area contributed by atoms with Gasteiger partial charge in [-0.1, -0.05) is 0 Å². The van der Waals surface area contributed by atoms with Crippen LogP contribution >= 0.6 is 0 Å². The second kappa shape index (κ2) is 5.74. The van der Waals surface area contributed by atoms with E-state index in [0.29, 0.717) is 5.82 Å². The summed E-state index contributed by atoms with van der Waals surface area (Å²) in [4.78, 5) is 21.6. The first kappa shape index (κ1) is 12.7. The van der Waals surface area contributed by atoms with Gasteiger partial charge in [-0.25, -0.2) is 10.8 Å². The number of hydrogen-bond donors (Lipinski definition) is 3. The van der Waals surface area contributed by atoms with Crippen LogP contribution in [0.3, 0.4) is 0 Å². The summed E-state index contributed by atoms with van der Waals surface area (Å²) >= 11 is 0. The molecule has 0 spiro atoms. The van der Waals surface area contributed by atoms with Gasteiger partial charge in [-0.05, 0) is 6.42 Å². The van der Waals surface area contributed by atoms with Crippen LogP contribution in [0.4, 0.5) is 5.82 Å². The average molecular weight is 250 g/mol. The lowest BCUT2D eigenvalue weighted by Crippen LogP contribution is -2.35. The molecule has 1 unspecified atom stereocenters. The molecule has 2 rings (SSSR count). The highest BCUT2D eigenvalue weighted by Gasteiger charge is 2.23. The Labute approximate surface area is 106 Å². The number of nitrogens with zero attached hydrogens (tertiary/aromatic N) is 3. The molecule has 1 aromatic rings. The van der Waals surface area contributed by atoms with Crippen molar-refractivity contribution < 1.29 is 4.79 Å². The average Bonchev–Trinajstić information content (AvgIpc) is 2.76. The summed E-state index contributed by atoms with van der Waals surface area (Å²) in [5.41, 5.74) is 3.34. The van der Waals surface area contributed by atoms with Gasteiger partial charge in [0.25, 0.3) is 0 Å². The third kappa shape index (κ3) is 3.38. The molecule has 1 atom stereocenters. The van der Waals surface area contributed by atoms with Gasteiger partial charge < -0.3 is 10.7 Å². The summed E-state index contributed by atoms with van der Waals surface area (Å²) < 4.78 is 0. The van der Waals surface area contributed by atoms with Gasteiger partial charge in [0.15, 0.2) is 5.82 Å². The van der Waals surface area contributed by atoms with Crippen LogP contribution < -0.4 is 16.6 Å². The Kier molecular flexibility index (Phi) is 4.06. The van der Waals surface area contributed by atoms with Crippen molar-refractivity contribution in [3.63, 3.8) is 0 Å². The molecule has 1 saturated heterocycles. The number of amides is 1. The van der Waals surface area contributed by atoms with Gasteiger partial charge in [0.05, 0.1) is 18.1 Å². The number of anilines is 1. The molecule has 1 aliphatic rings. The number of nitrogens with one attached hydrogen (secondary N) is 2. The molecule has 18 heavy (non-hydrogen) atoms. The van der Waals surface area contributed by atoms with Crippen molar-refractivity contribution in [3.05, 3.63) is 18.1 Å². The van der Waals surface area contributed by atoms with Crippen LogP contribution in [-0.2, 0) is 11.3 Å². The number of likely N-dealkylation sites (tertiary alicyclic amines) is 1. The van der Waals surface area contributed by atoms with E-state index in [1.807, 2.05) is 0 Å². The Hall–Kier alpha value is -1.73. The monoisotopic (exact) mass is 250 g/mol. The molecule has 1 amide bonds. The molecule has 2 heterocycles. The van der Waals surface area contributed by atoms with Crippen molar-refractivity contribution in [1.29, 1.82) is 0 Å². The maximum atomic E-state index is 11.0. The van der Waals surface area contributed by atoms with E-state index in [-0.39, 0.29) is 11.9 Å². The van der Waals surface area contributed by atoms with E-state index in [2.05, 4.69) is 25.6 Å². The van der Waals surface area contributed by atoms with Crippen molar-refractivity contribution >= 4 is 11.7 Å². The predicted molar refractivity (Wildman–Crippen MR) is 67.3 cm³/mol. The van der Waals surface area contributed by atoms with Crippen LogP contribution in [0, 0.1) is 0 Å². The lowest BCUT2D eigenvalue weighted by molar-refractivity contribution is -0.119. The SMILES string of the molecule is CC(=O)NC1CCN(Cc2cnc(NN)cn2)C1. The van der Waals surface area contributed by atoms with Gasteiger partial charge in [-0.3, -0.25) is 14.7 Å². The zero-order valence-corrected chi connectivity index (χ0v) is 10.4. The Morgan fingerprint density at radius 2 is 2.39 bits per heavy atom. The number of hydrazine groups is 1. The van der Waals surface area contributed by atoms with E-state index in [1.165, 1.54) is 0 Å². The van der Waals surface area contributed by atoms with Crippen LogP contribution in [0.2, 0.25) is 0 Å². The number of hydrogen-bond acceptors (Lipinski definition) is 6. The van der Waals surface area contributed by atoms with E-state index >= 15 is 0 Å². The Bertz CT molecular complexity index is 406. The third-order valence-electron chi connectivity index (χ3n) is 2.92. The largest absolute Gasteiger partial charge is 0.352 e. The van der Waals surface area contributed by atoms with Gasteiger partial charge in [0, 0.05) is 32.6 Å². The topological polar surface area (TPSA) is 96.2 Å². The van der Waals surface area contributed by atoms with Gasteiger partial charge >= 0.3 is 0 Å². The van der Waals surface area contributed by atoms with Gasteiger partial charge in [-0.15, -0.1) is 0 Å². The summed E-state index contributed by atoms with van der Waals surface area (Å²) in [5, 5.41) is 2.93. The first-order valence-electron chi connectivity index (χ1n) is 5.94. The molecule has 0 radical (unpaired) electrons. The molecule has 1 aromatic heterocycles. The molecule has 0 aromatic carbocycles. The van der Waals surface area contributed by atoms with E-state index in [0.717, 1.165) is 31.7 Å². The van der Waals surface area contributed by atoms with Gasteiger partial charge in [-0.2, -0.15) is 0 Å². The summed E-state index contributed by atoms with van der Waals surface area (Å²) in [6.45, 7) is 4.11. The van der Waals surface area contributed by atoms with E-state index in [1.54, 1.807) is 19.3 Å². The molecular formula is C11H18N6O. The highest BCUT2D eigenvalue weighted by atomic mass is 16.1. The number of aromatic nitrogens is 2. The quantitative estimate of drug-likeness (QED) is 0.491. The number of nitrogen functional groups attached to an aromatic ring is 1. The first-order chi connectivity index (χ1) is 8.67. The number of carbonyl (C=O) groups excluding carboxylic acids is 1.